The molecule has 0 aliphatic rings. The van der Waals surface area contributed by atoms with Gasteiger partial charge in [0.2, 0.25) is 5.91 Å². The van der Waals surface area contributed by atoms with E-state index in [4.69, 9.17) is 9.72 Å². The monoisotopic (exact) mass is 439 g/mol. The number of aromatic nitrogens is 2. The van der Waals surface area contributed by atoms with E-state index >= 15 is 0 Å². The summed E-state index contributed by atoms with van der Waals surface area (Å²) >= 11 is 0. The second-order valence-corrected chi connectivity index (χ2v) is 8.13. The molecule has 0 saturated heterocycles. The van der Waals surface area contributed by atoms with E-state index in [0.29, 0.717) is 26.1 Å². The van der Waals surface area contributed by atoms with E-state index in [0.717, 1.165) is 28.2 Å². The number of carbonyl (C=O) groups excluding carboxylic acids is 1. The average Bonchev–Trinajstić information content (AvgIpc) is 3.15. The Morgan fingerprint density at radius 3 is 2.52 bits per heavy atom. The SMILES string of the molecule is Cc1cc(C)cc(OCCn2c(CCNC(=O)/C=C/c3ccccc3)nc3ccccc32)c1. The largest absolute Gasteiger partial charge is 0.492 e. The molecule has 1 heterocycles. The van der Waals surface area contributed by atoms with Crippen LogP contribution < -0.4 is 10.1 Å². The number of ether oxygens (including phenoxy) is 1. The van der Waals surface area contributed by atoms with Gasteiger partial charge in [-0.25, -0.2) is 4.98 Å². The molecule has 168 valence electrons. The van der Waals surface area contributed by atoms with Gasteiger partial charge in [0.1, 0.15) is 18.2 Å². The molecule has 5 nitrogen and oxygen atoms in total. The van der Waals surface area contributed by atoms with E-state index in [1.165, 1.54) is 11.1 Å². The van der Waals surface area contributed by atoms with Crippen LogP contribution in [0, 0.1) is 13.8 Å². The Bertz CT molecular complexity index is 1240. The topological polar surface area (TPSA) is 56.1 Å². The van der Waals surface area contributed by atoms with Crippen LogP contribution in [-0.2, 0) is 17.8 Å². The normalized spacial score (nSPS) is 11.2. The minimum atomic E-state index is -0.111. The highest BCUT2D eigenvalue weighted by molar-refractivity contribution is 5.91. The van der Waals surface area contributed by atoms with Crippen LogP contribution in [-0.4, -0.2) is 28.6 Å². The molecule has 33 heavy (non-hydrogen) atoms. The van der Waals surface area contributed by atoms with Crippen molar-refractivity contribution in [1.29, 1.82) is 0 Å². The molecule has 1 N–H and O–H groups in total. The summed E-state index contributed by atoms with van der Waals surface area (Å²) in [7, 11) is 0. The number of aryl methyl sites for hydroxylation is 2. The van der Waals surface area contributed by atoms with Gasteiger partial charge in [-0.3, -0.25) is 4.79 Å². The lowest BCUT2D eigenvalue weighted by molar-refractivity contribution is -0.116. The summed E-state index contributed by atoms with van der Waals surface area (Å²) < 4.78 is 8.22. The van der Waals surface area contributed by atoms with Crippen LogP contribution >= 0.6 is 0 Å². The number of hydrogen-bond acceptors (Lipinski definition) is 3. The standard InChI is InChI=1S/C28H29N3O2/c1-21-18-22(2)20-24(19-21)33-17-16-31-26-11-7-6-10-25(26)30-27(31)14-15-29-28(32)13-12-23-8-4-3-5-9-23/h3-13,18-20H,14-17H2,1-2H3,(H,29,32)/b13-12+. The van der Waals surface area contributed by atoms with E-state index < -0.39 is 0 Å². The Balaban J connectivity index is 1.38. The third kappa shape index (κ3) is 6.10. The van der Waals surface area contributed by atoms with E-state index in [1.807, 2.05) is 54.6 Å². The van der Waals surface area contributed by atoms with Crippen molar-refractivity contribution < 1.29 is 9.53 Å². The molecule has 4 rings (SSSR count). The summed E-state index contributed by atoms with van der Waals surface area (Å²) in [6, 6.07) is 24.1. The predicted octanol–water partition coefficient (Wildman–Crippen LogP) is 5.10. The second-order valence-electron chi connectivity index (χ2n) is 8.13. The zero-order chi connectivity index (χ0) is 23.0. The molecule has 0 spiro atoms. The number of fused-ring (bicyclic) bond motifs is 1. The van der Waals surface area contributed by atoms with Crippen molar-refractivity contribution in [2.24, 2.45) is 0 Å². The molecule has 0 fully saturated rings. The molecule has 0 aliphatic carbocycles. The predicted molar refractivity (Wildman–Crippen MR) is 133 cm³/mol. The summed E-state index contributed by atoms with van der Waals surface area (Å²) in [4.78, 5) is 17.0. The first-order chi connectivity index (χ1) is 16.1. The Hall–Kier alpha value is -3.86. The van der Waals surface area contributed by atoms with E-state index in [-0.39, 0.29) is 5.91 Å². The Labute approximate surface area is 194 Å². The molecule has 0 atom stereocenters. The molecule has 4 aromatic rings. The highest BCUT2D eigenvalue weighted by Crippen LogP contribution is 2.19. The van der Waals surface area contributed by atoms with Crippen molar-refractivity contribution >= 4 is 23.0 Å². The van der Waals surface area contributed by atoms with Crippen LogP contribution in [0.3, 0.4) is 0 Å². The number of para-hydroxylation sites is 2. The van der Waals surface area contributed by atoms with Crippen LogP contribution in [0.25, 0.3) is 17.1 Å². The van der Waals surface area contributed by atoms with Gasteiger partial charge in [-0.2, -0.15) is 0 Å². The van der Waals surface area contributed by atoms with Gasteiger partial charge in [0.05, 0.1) is 17.6 Å². The molecule has 0 saturated carbocycles. The number of nitrogens with one attached hydrogen (secondary N) is 1. The highest BCUT2D eigenvalue weighted by Gasteiger charge is 2.11. The fraction of sp³-hybridized carbons (Fsp3) is 0.214. The Morgan fingerprint density at radius 2 is 1.73 bits per heavy atom. The van der Waals surface area contributed by atoms with E-state index in [1.54, 1.807) is 6.08 Å². The first-order valence-electron chi connectivity index (χ1n) is 11.2. The quantitative estimate of drug-likeness (QED) is 0.369. The highest BCUT2D eigenvalue weighted by atomic mass is 16.5. The van der Waals surface area contributed by atoms with Crippen molar-refractivity contribution in [3.05, 3.63) is 101 Å². The first-order valence-corrected chi connectivity index (χ1v) is 11.2. The number of hydrogen-bond donors (Lipinski definition) is 1. The summed E-state index contributed by atoms with van der Waals surface area (Å²) in [5.74, 6) is 1.71. The molecular formula is C28H29N3O2. The Morgan fingerprint density at radius 1 is 1.00 bits per heavy atom. The summed E-state index contributed by atoms with van der Waals surface area (Å²) in [6.07, 6.45) is 4.02. The lowest BCUT2D eigenvalue weighted by Crippen LogP contribution is -2.25. The molecule has 0 radical (unpaired) electrons. The zero-order valence-electron chi connectivity index (χ0n) is 19.1. The van der Waals surface area contributed by atoms with E-state index in [2.05, 4.69) is 48.0 Å². The van der Waals surface area contributed by atoms with Gasteiger partial charge in [0.25, 0.3) is 0 Å². The fourth-order valence-corrected chi connectivity index (χ4v) is 3.93. The Kier molecular flexibility index (Phi) is 7.20. The molecule has 1 aromatic heterocycles. The van der Waals surface area contributed by atoms with Gasteiger partial charge in [-0.05, 0) is 60.9 Å². The molecule has 0 aliphatic heterocycles. The van der Waals surface area contributed by atoms with Crippen molar-refractivity contribution in [1.82, 2.24) is 14.9 Å². The number of carbonyl (C=O) groups is 1. The fourth-order valence-electron chi connectivity index (χ4n) is 3.93. The van der Waals surface area contributed by atoms with Crippen LogP contribution in [0.15, 0.2) is 78.9 Å². The van der Waals surface area contributed by atoms with Gasteiger partial charge in [0.15, 0.2) is 0 Å². The molecule has 5 heteroatoms. The van der Waals surface area contributed by atoms with Crippen molar-refractivity contribution in [2.75, 3.05) is 13.2 Å². The number of rotatable bonds is 9. The molecule has 3 aromatic carbocycles. The maximum absolute atomic E-state index is 12.2. The van der Waals surface area contributed by atoms with Gasteiger partial charge in [-0.1, -0.05) is 48.5 Å². The van der Waals surface area contributed by atoms with Crippen LogP contribution in [0.5, 0.6) is 5.75 Å². The first kappa shape index (κ1) is 22.3. The van der Waals surface area contributed by atoms with E-state index in [9.17, 15) is 4.79 Å². The van der Waals surface area contributed by atoms with Gasteiger partial charge in [0, 0.05) is 19.0 Å². The minimum absolute atomic E-state index is 0.111. The number of imidazole rings is 1. The molecule has 0 unspecified atom stereocenters. The lowest BCUT2D eigenvalue weighted by Gasteiger charge is -2.12. The van der Waals surface area contributed by atoms with Gasteiger partial charge in [-0.15, -0.1) is 0 Å². The molecule has 1 amide bonds. The van der Waals surface area contributed by atoms with Crippen molar-refractivity contribution in [3.63, 3.8) is 0 Å². The van der Waals surface area contributed by atoms with Gasteiger partial charge >= 0.3 is 0 Å². The lowest BCUT2D eigenvalue weighted by atomic mass is 10.1. The molecular weight excluding hydrogens is 410 g/mol. The average molecular weight is 440 g/mol. The summed E-state index contributed by atoms with van der Waals surface area (Å²) in [6.45, 7) is 5.89. The van der Waals surface area contributed by atoms with Crippen LogP contribution in [0.4, 0.5) is 0 Å². The van der Waals surface area contributed by atoms with Crippen molar-refractivity contribution in [3.8, 4) is 5.75 Å². The number of benzene rings is 3. The van der Waals surface area contributed by atoms with Crippen molar-refractivity contribution in [2.45, 2.75) is 26.8 Å². The minimum Gasteiger partial charge on any atom is -0.492 e. The smallest absolute Gasteiger partial charge is 0.244 e. The third-order valence-electron chi connectivity index (χ3n) is 5.39. The van der Waals surface area contributed by atoms with Crippen LogP contribution in [0.2, 0.25) is 0 Å². The number of amides is 1. The second kappa shape index (κ2) is 10.6. The van der Waals surface area contributed by atoms with Crippen LogP contribution in [0.1, 0.15) is 22.5 Å². The maximum atomic E-state index is 12.2. The number of nitrogens with zero attached hydrogens (tertiary/aromatic N) is 2. The summed E-state index contributed by atoms with van der Waals surface area (Å²) in [5, 5.41) is 2.96. The maximum Gasteiger partial charge on any atom is 0.244 e. The third-order valence-corrected chi connectivity index (χ3v) is 5.39. The van der Waals surface area contributed by atoms with Gasteiger partial charge < -0.3 is 14.6 Å². The summed E-state index contributed by atoms with van der Waals surface area (Å²) in [5.41, 5.74) is 5.41. The zero-order valence-corrected chi connectivity index (χ0v) is 19.1. The molecule has 0 bridgehead atoms.